The molecule has 0 saturated carbocycles. The quantitative estimate of drug-likeness (QED) is 0.823. The van der Waals surface area contributed by atoms with Crippen LogP contribution in [0.5, 0.6) is 0 Å². The molecule has 3 N–H and O–H groups in total. The number of carboxylic acid groups (broad SMARTS) is 1. The Bertz CT molecular complexity index is 675. The van der Waals surface area contributed by atoms with Crippen molar-refractivity contribution in [2.75, 3.05) is 12.3 Å². The molecule has 1 atom stereocenters. The Labute approximate surface area is 128 Å². The fourth-order valence-corrected chi connectivity index (χ4v) is 4.48. The van der Waals surface area contributed by atoms with E-state index in [9.17, 15) is 18.3 Å². The van der Waals surface area contributed by atoms with Crippen molar-refractivity contribution in [2.24, 2.45) is 0 Å². The highest BCUT2D eigenvalue weighted by molar-refractivity contribution is 7.89. The molecule has 1 fully saturated rings. The normalized spacial score (nSPS) is 20.4. The first-order valence-corrected chi connectivity index (χ1v) is 8.37. The molecule has 1 aliphatic heterocycles. The van der Waals surface area contributed by atoms with E-state index in [1.54, 1.807) is 6.92 Å². The van der Waals surface area contributed by atoms with Gasteiger partial charge in [-0.1, -0.05) is 11.6 Å². The van der Waals surface area contributed by atoms with Gasteiger partial charge in [0, 0.05) is 11.6 Å². The van der Waals surface area contributed by atoms with Gasteiger partial charge < -0.3 is 10.8 Å². The largest absolute Gasteiger partial charge is 0.480 e. The van der Waals surface area contributed by atoms with Gasteiger partial charge >= 0.3 is 5.97 Å². The van der Waals surface area contributed by atoms with Gasteiger partial charge in [0.1, 0.15) is 10.9 Å². The molecule has 0 aliphatic carbocycles. The van der Waals surface area contributed by atoms with Gasteiger partial charge in [0.15, 0.2) is 0 Å². The van der Waals surface area contributed by atoms with Gasteiger partial charge in [-0.25, -0.2) is 8.42 Å². The van der Waals surface area contributed by atoms with Gasteiger partial charge in [-0.05, 0) is 43.9 Å². The van der Waals surface area contributed by atoms with Crippen LogP contribution < -0.4 is 5.73 Å². The van der Waals surface area contributed by atoms with E-state index < -0.39 is 22.0 Å². The predicted molar refractivity (Wildman–Crippen MR) is 79.8 cm³/mol. The summed E-state index contributed by atoms with van der Waals surface area (Å²) in [4.78, 5) is 11.2. The maximum Gasteiger partial charge on any atom is 0.322 e. The summed E-state index contributed by atoms with van der Waals surface area (Å²) in [6.07, 6.45) is 1.61. The first-order chi connectivity index (χ1) is 9.75. The molecule has 1 aliphatic rings. The van der Waals surface area contributed by atoms with Crippen molar-refractivity contribution >= 4 is 33.3 Å². The zero-order valence-electron chi connectivity index (χ0n) is 11.5. The van der Waals surface area contributed by atoms with Crippen molar-refractivity contribution < 1.29 is 18.3 Å². The minimum Gasteiger partial charge on any atom is -0.480 e. The predicted octanol–water partition coefficient (Wildman–Crippen LogP) is 1.86. The molecule has 1 heterocycles. The molecule has 1 aromatic carbocycles. The van der Waals surface area contributed by atoms with Crippen molar-refractivity contribution in [3.63, 3.8) is 0 Å². The Morgan fingerprint density at radius 1 is 1.43 bits per heavy atom. The Morgan fingerprint density at radius 2 is 2.10 bits per heavy atom. The third kappa shape index (κ3) is 3.00. The number of nitrogen functional groups attached to an aromatic ring is 1. The van der Waals surface area contributed by atoms with Crippen LogP contribution >= 0.6 is 11.6 Å². The lowest BCUT2D eigenvalue weighted by Gasteiger charge is -2.32. The van der Waals surface area contributed by atoms with Crippen LogP contribution in [0.1, 0.15) is 24.8 Å². The molecule has 0 radical (unpaired) electrons. The number of nitrogens with two attached hydrogens (primary N) is 1. The number of halogens is 1. The van der Waals surface area contributed by atoms with Gasteiger partial charge in [-0.2, -0.15) is 4.31 Å². The number of anilines is 1. The third-order valence-electron chi connectivity index (χ3n) is 3.62. The van der Waals surface area contributed by atoms with Crippen LogP contribution in [-0.4, -0.2) is 36.4 Å². The first-order valence-electron chi connectivity index (χ1n) is 6.55. The summed E-state index contributed by atoms with van der Waals surface area (Å²) in [7, 11) is -3.98. The monoisotopic (exact) mass is 332 g/mol. The molecule has 6 nitrogen and oxygen atoms in total. The number of aryl methyl sites for hydroxylation is 1. The van der Waals surface area contributed by atoms with E-state index >= 15 is 0 Å². The third-order valence-corrected chi connectivity index (χ3v) is 5.99. The summed E-state index contributed by atoms with van der Waals surface area (Å²) in [6.45, 7) is 1.89. The molecular weight excluding hydrogens is 316 g/mol. The van der Waals surface area contributed by atoms with E-state index in [0.29, 0.717) is 24.8 Å². The average molecular weight is 333 g/mol. The smallest absolute Gasteiger partial charge is 0.322 e. The number of hydrogen-bond acceptors (Lipinski definition) is 4. The van der Waals surface area contributed by atoms with Gasteiger partial charge in [-0.3, -0.25) is 4.79 Å². The highest BCUT2D eigenvalue weighted by atomic mass is 35.5. The number of piperidine rings is 1. The van der Waals surface area contributed by atoms with Crippen LogP contribution in [0.15, 0.2) is 17.0 Å². The van der Waals surface area contributed by atoms with Gasteiger partial charge in [0.2, 0.25) is 10.0 Å². The van der Waals surface area contributed by atoms with Crippen molar-refractivity contribution in [2.45, 2.75) is 37.1 Å². The Balaban J connectivity index is 2.50. The molecular formula is C13H17ClN2O4S. The fraction of sp³-hybridized carbons (Fsp3) is 0.462. The second-order valence-corrected chi connectivity index (χ2v) is 7.37. The Kier molecular flexibility index (Phi) is 4.46. The number of carbonyl (C=O) groups is 1. The second kappa shape index (κ2) is 5.82. The summed E-state index contributed by atoms with van der Waals surface area (Å²) >= 11 is 5.97. The van der Waals surface area contributed by atoms with Gasteiger partial charge in [0.25, 0.3) is 0 Å². The first kappa shape index (κ1) is 16.1. The van der Waals surface area contributed by atoms with E-state index in [0.717, 1.165) is 4.31 Å². The number of sulfonamides is 1. The highest BCUT2D eigenvalue weighted by Crippen LogP contribution is 2.31. The van der Waals surface area contributed by atoms with E-state index in [1.807, 2.05) is 0 Å². The fourth-order valence-electron chi connectivity index (χ4n) is 2.47. The molecule has 21 heavy (non-hydrogen) atoms. The summed E-state index contributed by atoms with van der Waals surface area (Å²) in [5.74, 6) is -1.14. The number of carboxylic acids is 1. The topological polar surface area (TPSA) is 101 Å². The molecule has 116 valence electrons. The molecule has 2 rings (SSSR count). The van der Waals surface area contributed by atoms with E-state index in [1.165, 1.54) is 12.1 Å². The second-order valence-electron chi connectivity index (χ2n) is 5.10. The van der Waals surface area contributed by atoms with E-state index in [4.69, 9.17) is 17.3 Å². The van der Waals surface area contributed by atoms with Gasteiger partial charge in [-0.15, -0.1) is 0 Å². The molecule has 0 spiro atoms. The van der Waals surface area contributed by atoms with Crippen molar-refractivity contribution in [1.82, 2.24) is 4.31 Å². The summed E-state index contributed by atoms with van der Waals surface area (Å²) in [5.41, 5.74) is 6.54. The van der Waals surface area contributed by atoms with Crippen LogP contribution in [0.4, 0.5) is 5.69 Å². The summed E-state index contributed by atoms with van der Waals surface area (Å²) in [5, 5.41) is 9.51. The Morgan fingerprint density at radius 3 is 2.71 bits per heavy atom. The SMILES string of the molecule is Cc1cc(N)c(S(=O)(=O)N2CCCCC2C(=O)O)cc1Cl. The van der Waals surface area contributed by atoms with Crippen LogP contribution in [-0.2, 0) is 14.8 Å². The Hall–Kier alpha value is -1.31. The number of rotatable bonds is 3. The molecule has 0 bridgehead atoms. The molecule has 0 aromatic heterocycles. The van der Waals surface area contributed by atoms with Crippen molar-refractivity contribution in [3.05, 3.63) is 22.7 Å². The molecule has 0 amide bonds. The summed E-state index contributed by atoms with van der Waals surface area (Å²) in [6, 6.07) is 1.72. The zero-order valence-corrected chi connectivity index (χ0v) is 13.1. The maximum atomic E-state index is 12.7. The standard InChI is InChI=1S/C13H17ClN2O4S/c1-8-6-10(15)12(7-9(8)14)21(19,20)16-5-3-2-4-11(16)13(17)18/h6-7,11H,2-5,15H2,1H3,(H,17,18). The zero-order chi connectivity index (χ0) is 15.8. The lowest BCUT2D eigenvalue weighted by Crippen LogP contribution is -2.47. The van der Waals surface area contributed by atoms with Crippen LogP contribution in [0.25, 0.3) is 0 Å². The lowest BCUT2D eigenvalue weighted by atomic mass is 10.1. The molecule has 1 aromatic rings. The van der Waals surface area contributed by atoms with E-state index in [-0.39, 0.29) is 22.2 Å². The van der Waals surface area contributed by atoms with Crippen LogP contribution in [0.2, 0.25) is 5.02 Å². The highest BCUT2D eigenvalue weighted by Gasteiger charge is 2.38. The number of hydrogen-bond donors (Lipinski definition) is 2. The maximum absolute atomic E-state index is 12.7. The van der Waals surface area contributed by atoms with Crippen molar-refractivity contribution in [1.29, 1.82) is 0 Å². The van der Waals surface area contributed by atoms with E-state index in [2.05, 4.69) is 0 Å². The number of nitrogens with zero attached hydrogens (tertiary/aromatic N) is 1. The minimum absolute atomic E-state index is 0.0756. The van der Waals surface area contributed by atoms with Crippen LogP contribution in [0, 0.1) is 6.92 Å². The molecule has 1 saturated heterocycles. The van der Waals surface area contributed by atoms with Crippen molar-refractivity contribution in [3.8, 4) is 0 Å². The lowest BCUT2D eigenvalue weighted by molar-refractivity contribution is -0.142. The molecule has 8 heteroatoms. The average Bonchev–Trinajstić information content (AvgIpc) is 2.42. The number of aliphatic carboxylic acids is 1. The minimum atomic E-state index is -3.98. The summed E-state index contributed by atoms with van der Waals surface area (Å²) < 4.78 is 26.4. The number of benzene rings is 1. The van der Waals surface area contributed by atoms with Crippen LogP contribution in [0.3, 0.4) is 0 Å². The van der Waals surface area contributed by atoms with Gasteiger partial charge in [0.05, 0.1) is 5.69 Å². The molecule has 1 unspecified atom stereocenters.